The summed E-state index contributed by atoms with van der Waals surface area (Å²) < 4.78 is 0. The quantitative estimate of drug-likeness (QED) is 0.869. The van der Waals surface area contributed by atoms with Crippen LogP contribution in [0, 0.1) is 0 Å². The monoisotopic (exact) mass is 249 g/mol. The highest BCUT2D eigenvalue weighted by molar-refractivity contribution is 8.00. The van der Waals surface area contributed by atoms with Crippen LogP contribution in [0.25, 0.3) is 0 Å². The van der Waals surface area contributed by atoms with E-state index in [0.717, 1.165) is 32.5 Å². The van der Waals surface area contributed by atoms with Gasteiger partial charge in [0.25, 0.3) is 0 Å². The van der Waals surface area contributed by atoms with Gasteiger partial charge in [-0.2, -0.15) is 0 Å². The number of aliphatic hydroxyl groups excluding tert-OH is 1. The fourth-order valence-electron chi connectivity index (χ4n) is 2.84. The molecule has 2 nitrogen and oxygen atoms in total. The van der Waals surface area contributed by atoms with Gasteiger partial charge in [0, 0.05) is 23.2 Å². The molecule has 0 saturated carbocycles. The molecule has 0 amide bonds. The summed E-state index contributed by atoms with van der Waals surface area (Å²) in [6.45, 7) is 3.15. The van der Waals surface area contributed by atoms with E-state index in [4.69, 9.17) is 0 Å². The van der Waals surface area contributed by atoms with Crippen molar-refractivity contribution in [2.45, 2.75) is 35.5 Å². The van der Waals surface area contributed by atoms with Crippen molar-refractivity contribution in [1.29, 1.82) is 0 Å². The van der Waals surface area contributed by atoms with Crippen LogP contribution >= 0.6 is 11.8 Å². The molecule has 2 unspecified atom stereocenters. The van der Waals surface area contributed by atoms with Gasteiger partial charge in [0.1, 0.15) is 0 Å². The lowest BCUT2D eigenvalue weighted by molar-refractivity contribution is 0.0711. The number of aliphatic hydroxyl groups is 1. The molecule has 0 spiro atoms. The van der Waals surface area contributed by atoms with Crippen LogP contribution in [0.3, 0.4) is 0 Å². The molecule has 3 rings (SSSR count). The maximum atomic E-state index is 9.68. The maximum Gasteiger partial charge on any atom is 0.0667 e. The number of piperidine rings is 1. The number of likely N-dealkylation sites (tertiary alicyclic amines) is 1. The molecule has 2 heterocycles. The molecule has 1 aromatic rings. The summed E-state index contributed by atoms with van der Waals surface area (Å²) in [5.74, 6) is 0. The van der Waals surface area contributed by atoms with Crippen molar-refractivity contribution in [2.75, 3.05) is 19.6 Å². The molecule has 92 valence electrons. The first-order valence-electron chi connectivity index (χ1n) is 6.46. The Kier molecular flexibility index (Phi) is 3.41. The number of benzene rings is 1. The number of hydrogen-bond acceptors (Lipinski definition) is 3. The van der Waals surface area contributed by atoms with Crippen molar-refractivity contribution in [2.24, 2.45) is 0 Å². The van der Waals surface area contributed by atoms with Crippen molar-refractivity contribution in [3.63, 3.8) is 0 Å². The summed E-state index contributed by atoms with van der Waals surface area (Å²) in [7, 11) is 0. The molecule has 17 heavy (non-hydrogen) atoms. The van der Waals surface area contributed by atoms with Crippen LogP contribution in [-0.4, -0.2) is 41.0 Å². The molecule has 2 atom stereocenters. The van der Waals surface area contributed by atoms with E-state index >= 15 is 0 Å². The largest absolute Gasteiger partial charge is 0.392 e. The van der Waals surface area contributed by atoms with Gasteiger partial charge in [-0.1, -0.05) is 18.2 Å². The maximum absolute atomic E-state index is 9.68. The summed E-state index contributed by atoms with van der Waals surface area (Å²) in [6.07, 6.45) is 3.21. The Balaban J connectivity index is 1.58. The van der Waals surface area contributed by atoms with Gasteiger partial charge in [0.2, 0.25) is 0 Å². The van der Waals surface area contributed by atoms with Gasteiger partial charge in [-0.15, -0.1) is 11.8 Å². The smallest absolute Gasteiger partial charge is 0.0667 e. The van der Waals surface area contributed by atoms with Crippen molar-refractivity contribution >= 4 is 11.8 Å². The first kappa shape index (κ1) is 11.6. The predicted octanol–water partition coefficient (Wildman–Crippen LogP) is 2.16. The second kappa shape index (κ2) is 5.01. The molecular formula is C14H19NOS. The van der Waals surface area contributed by atoms with Crippen molar-refractivity contribution in [3.8, 4) is 0 Å². The Morgan fingerprint density at radius 3 is 3.06 bits per heavy atom. The fraction of sp³-hybridized carbons (Fsp3) is 0.571. The number of rotatable bonds is 2. The Bertz CT molecular complexity index is 371. The zero-order chi connectivity index (χ0) is 11.7. The molecule has 2 aliphatic heterocycles. The molecule has 0 bridgehead atoms. The highest BCUT2D eigenvalue weighted by atomic mass is 32.2. The summed E-state index contributed by atoms with van der Waals surface area (Å²) in [5, 5.41) is 10.4. The van der Waals surface area contributed by atoms with E-state index < -0.39 is 0 Å². The zero-order valence-corrected chi connectivity index (χ0v) is 10.8. The first-order valence-corrected chi connectivity index (χ1v) is 7.34. The second-order valence-electron chi connectivity index (χ2n) is 5.11. The normalized spacial score (nSPS) is 29.2. The summed E-state index contributed by atoms with van der Waals surface area (Å²) in [6, 6.07) is 8.73. The number of β-amino-alcohol motifs (C(OH)–C–C–N with tert-alkyl or cyclic N) is 1. The molecular weight excluding hydrogens is 230 g/mol. The highest BCUT2D eigenvalue weighted by Gasteiger charge is 2.26. The van der Waals surface area contributed by atoms with Gasteiger partial charge in [-0.25, -0.2) is 0 Å². The molecule has 0 aromatic heterocycles. The SMILES string of the molecule is OC1CCCN(CC2Cc3ccccc3S2)C1. The molecule has 3 heteroatoms. The Hall–Kier alpha value is -0.510. The number of fused-ring (bicyclic) bond motifs is 1. The predicted molar refractivity (Wildman–Crippen MR) is 71.5 cm³/mol. The molecule has 1 N–H and O–H groups in total. The van der Waals surface area contributed by atoms with Crippen molar-refractivity contribution in [3.05, 3.63) is 29.8 Å². The van der Waals surface area contributed by atoms with Gasteiger partial charge < -0.3 is 5.11 Å². The molecule has 1 fully saturated rings. The van der Waals surface area contributed by atoms with Crippen molar-refractivity contribution in [1.82, 2.24) is 4.90 Å². The molecule has 1 saturated heterocycles. The average Bonchev–Trinajstić information content (AvgIpc) is 2.71. The van der Waals surface area contributed by atoms with E-state index in [2.05, 4.69) is 29.2 Å². The third kappa shape index (κ3) is 2.67. The van der Waals surface area contributed by atoms with E-state index in [9.17, 15) is 5.11 Å². The van der Waals surface area contributed by atoms with Crippen molar-refractivity contribution < 1.29 is 5.11 Å². The zero-order valence-electron chi connectivity index (χ0n) is 10.0. The lowest BCUT2D eigenvalue weighted by Gasteiger charge is -2.31. The van der Waals surface area contributed by atoms with Gasteiger partial charge in [0.15, 0.2) is 0 Å². The minimum absolute atomic E-state index is 0.0995. The molecule has 1 aromatic carbocycles. The fourth-order valence-corrected chi connectivity index (χ4v) is 4.21. The van der Waals surface area contributed by atoms with Crippen LogP contribution in [-0.2, 0) is 6.42 Å². The van der Waals surface area contributed by atoms with E-state index in [0.29, 0.717) is 5.25 Å². The second-order valence-corrected chi connectivity index (χ2v) is 6.45. The van der Waals surface area contributed by atoms with Crippen LogP contribution in [0.15, 0.2) is 29.2 Å². The Labute approximate surface area is 107 Å². The summed E-state index contributed by atoms with van der Waals surface area (Å²) in [4.78, 5) is 3.88. The third-order valence-corrected chi connectivity index (χ3v) is 4.96. The number of nitrogens with zero attached hydrogens (tertiary/aromatic N) is 1. The van der Waals surface area contributed by atoms with Crippen LogP contribution in [0.4, 0.5) is 0 Å². The van der Waals surface area contributed by atoms with E-state index in [-0.39, 0.29) is 6.10 Å². The number of hydrogen-bond donors (Lipinski definition) is 1. The summed E-state index contributed by atoms with van der Waals surface area (Å²) >= 11 is 2.01. The van der Waals surface area contributed by atoms with Crippen LogP contribution in [0.1, 0.15) is 18.4 Å². The summed E-state index contributed by atoms with van der Waals surface area (Å²) in [5.41, 5.74) is 1.50. The lowest BCUT2D eigenvalue weighted by atomic mass is 10.1. The minimum Gasteiger partial charge on any atom is -0.392 e. The highest BCUT2D eigenvalue weighted by Crippen LogP contribution is 2.37. The van der Waals surface area contributed by atoms with Crippen LogP contribution in [0.5, 0.6) is 0 Å². The molecule has 0 radical (unpaired) electrons. The van der Waals surface area contributed by atoms with E-state index in [1.807, 2.05) is 11.8 Å². The van der Waals surface area contributed by atoms with Gasteiger partial charge in [0.05, 0.1) is 6.10 Å². The van der Waals surface area contributed by atoms with Gasteiger partial charge >= 0.3 is 0 Å². The Morgan fingerprint density at radius 1 is 1.35 bits per heavy atom. The third-order valence-electron chi connectivity index (χ3n) is 3.66. The minimum atomic E-state index is -0.0995. The van der Waals surface area contributed by atoms with Gasteiger partial charge in [-0.3, -0.25) is 4.90 Å². The van der Waals surface area contributed by atoms with Crippen LogP contribution in [0.2, 0.25) is 0 Å². The standard InChI is InChI=1S/C14H19NOS/c16-12-5-3-7-15(9-12)10-13-8-11-4-1-2-6-14(11)17-13/h1-2,4,6,12-13,16H,3,5,7-10H2. The molecule has 2 aliphatic rings. The van der Waals surface area contributed by atoms with Gasteiger partial charge in [-0.05, 0) is 37.4 Å². The van der Waals surface area contributed by atoms with Crippen LogP contribution < -0.4 is 0 Å². The average molecular weight is 249 g/mol. The number of thioether (sulfide) groups is 1. The van der Waals surface area contributed by atoms with E-state index in [1.165, 1.54) is 16.9 Å². The van der Waals surface area contributed by atoms with E-state index in [1.54, 1.807) is 0 Å². The first-order chi connectivity index (χ1) is 8.31. The Morgan fingerprint density at radius 2 is 2.24 bits per heavy atom. The lowest BCUT2D eigenvalue weighted by Crippen LogP contribution is -2.41. The molecule has 0 aliphatic carbocycles. The topological polar surface area (TPSA) is 23.5 Å².